The Balaban J connectivity index is 1.96. The van der Waals surface area contributed by atoms with E-state index in [0.717, 1.165) is 31.9 Å². The van der Waals surface area contributed by atoms with E-state index >= 15 is 0 Å². The van der Waals surface area contributed by atoms with Gasteiger partial charge >= 0.3 is 0 Å². The molecule has 1 N–H and O–H groups in total. The van der Waals surface area contributed by atoms with E-state index in [9.17, 15) is 0 Å². The van der Waals surface area contributed by atoms with Gasteiger partial charge in [0.05, 0.1) is 6.61 Å². The first-order valence-corrected chi connectivity index (χ1v) is 7.03. The van der Waals surface area contributed by atoms with Gasteiger partial charge in [0, 0.05) is 11.8 Å². The van der Waals surface area contributed by atoms with Gasteiger partial charge in [-0.05, 0) is 31.4 Å². The summed E-state index contributed by atoms with van der Waals surface area (Å²) in [6, 6.07) is 9.96. The molecular weight excluding hydrogens is 218 g/mol. The van der Waals surface area contributed by atoms with Crippen LogP contribution in [0.1, 0.15) is 13.3 Å². The van der Waals surface area contributed by atoms with E-state index in [4.69, 9.17) is 4.74 Å². The van der Waals surface area contributed by atoms with Crippen molar-refractivity contribution in [3.8, 4) is 5.75 Å². The number of hydrogen-bond acceptors (Lipinski definition) is 3. The van der Waals surface area contributed by atoms with Crippen LogP contribution in [-0.4, -0.2) is 31.2 Å². The van der Waals surface area contributed by atoms with E-state index < -0.39 is 0 Å². The van der Waals surface area contributed by atoms with Crippen LogP contribution in [0.5, 0.6) is 5.75 Å². The summed E-state index contributed by atoms with van der Waals surface area (Å²) in [6.45, 7) is 5.12. The standard InChI is InChI=1S/C13H21NOS/c1-12(16-2)11-14-9-6-10-15-13-7-4-3-5-8-13/h3-5,7-8,12,14H,6,9-11H2,1-2H3. The van der Waals surface area contributed by atoms with Crippen molar-refractivity contribution in [1.82, 2.24) is 5.32 Å². The minimum atomic E-state index is 0.690. The molecule has 0 aliphatic heterocycles. The Morgan fingerprint density at radius 2 is 2.06 bits per heavy atom. The third kappa shape index (κ3) is 6.03. The molecule has 2 nitrogen and oxygen atoms in total. The maximum absolute atomic E-state index is 5.59. The van der Waals surface area contributed by atoms with E-state index in [1.807, 2.05) is 42.1 Å². The fourth-order valence-electron chi connectivity index (χ4n) is 1.29. The van der Waals surface area contributed by atoms with Crippen LogP contribution in [0.15, 0.2) is 30.3 Å². The predicted molar refractivity (Wildman–Crippen MR) is 72.4 cm³/mol. The van der Waals surface area contributed by atoms with Crippen LogP contribution in [-0.2, 0) is 0 Å². The van der Waals surface area contributed by atoms with Crippen LogP contribution in [0.3, 0.4) is 0 Å². The van der Waals surface area contributed by atoms with Gasteiger partial charge in [0.15, 0.2) is 0 Å². The summed E-state index contributed by atoms with van der Waals surface area (Å²) in [6.07, 6.45) is 3.20. The Morgan fingerprint density at radius 1 is 1.31 bits per heavy atom. The topological polar surface area (TPSA) is 21.3 Å². The van der Waals surface area contributed by atoms with Crippen molar-refractivity contribution < 1.29 is 4.74 Å². The SMILES string of the molecule is CSC(C)CNCCCOc1ccccc1. The highest BCUT2D eigenvalue weighted by Crippen LogP contribution is 2.08. The van der Waals surface area contributed by atoms with Crippen molar-refractivity contribution in [3.05, 3.63) is 30.3 Å². The molecule has 0 aromatic heterocycles. The first-order valence-electron chi connectivity index (χ1n) is 5.74. The molecule has 0 amide bonds. The number of nitrogens with one attached hydrogen (secondary N) is 1. The number of ether oxygens (including phenoxy) is 1. The van der Waals surface area contributed by atoms with Gasteiger partial charge in [-0.15, -0.1) is 0 Å². The van der Waals surface area contributed by atoms with Crippen LogP contribution < -0.4 is 10.1 Å². The quantitative estimate of drug-likeness (QED) is 0.705. The molecule has 0 aliphatic carbocycles. The molecular formula is C13H21NOS. The summed E-state index contributed by atoms with van der Waals surface area (Å²) in [4.78, 5) is 0. The van der Waals surface area contributed by atoms with Crippen LogP contribution in [0.25, 0.3) is 0 Å². The number of benzene rings is 1. The van der Waals surface area contributed by atoms with E-state index in [0.29, 0.717) is 5.25 Å². The molecule has 0 radical (unpaired) electrons. The highest BCUT2D eigenvalue weighted by molar-refractivity contribution is 7.99. The summed E-state index contributed by atoms with van der Waals surface area (Å²) in [7, 11) is 0. The lowest BCUT2D eigenvalue weighted by Crippen LogP contribution is -2.24. The highest BCUT2D eigenvalue weighted by Gasteiger charge is 1.97. The van der Waals surface area contributed by atoms with Crippen molar-refractivity contribution in [2.24, 2.45) is 0 Å². The number of thioether (sulfide) groups is 1. The van der Waals surface area contributed by atoms with Gasteiger partial charge in [-0.3, -0.25) is 0 Å². The first-order chi connectivity index (χ1) is 7.83. The zero-order valence-electron chi connectivity index (χ0n) is 10.1. The van der Waals surface area contributed by atoms with Crippen molar-refractivity contribution >= 4 is 11.8 Å². The van der Waals surface area contributed by atoms with Gasteiger partial charge in [0.1, 0.15) is 5.75 Å². The third-order valence-corrected chi connectivity index (χ3v) is 3.32. The molecule has 0 fully saturated rings. The second-order valence-corrected chi connectivity index (χ2v) is 5.04. The highest BCUT2D eigenvalue weighted by atomic mass is 32.2. The molecule has 0 heterocycles. The van der Waals surface area contributed by atoms with E-state index in [1.165, 1.54) is 0 Å². The maximum atomic E-state index is 5.59. The molecule has 16 heavy (non-hydrogen) atoms. The van der Waals surface area contributed by atoms with Crippen LogP contribution in [0.2, 0.25) is 0 Å². The summed E-state index contributed by atoms with van der Waals surface area (Å²) in [5, 5.41) is 4.11. The summed E-state index contributed by atoms with van der Waals surface area (Å²) in [5.74, 6) is 0.958. The summed E-state index contributed by atoms with van der Waals surface area (Å²) in [5.41, 5.74) is 0. The first kappa shape index (κ1) is 13.4. The summed E-state index contributed by atoms with van der Waals surface area (Å²) >= 11 is 1.89. The zero-order valence-corrected chi connectivity index (χ0v) is 10.9. The van der Waals surface area contributed by atoms with Gasteiger partial charge in [0.25, 0.3) is 0 Å². The van der Waals surface area contributed by atoms with E-state index in [2.05, 4.69) is 18.5 Å². The smallest absolute Gasteiger partial charge is 0.119 e. The minimum absolute atomic E-state index is 0.690. The van der Waals surface area contributed by atoms with Gasteiger partial charge in [-0.2, -0.15) is 11.8 Å². The van der Waals surface area contributed by atoms with Crippen molar-refractivity contribution in [1.29, 1.82) is 0 Å². The average molecular weight is 239 g/mol. The molecule has 0 saturated heterocycles. The lowest BCUT2D eigenvalue weighted by atomic mass is 10.3. The van der Waals surface area contributed by atoms with E-state index in [-0.39, 0.29) is 0 Å². The maximum Gasteiger partial charge on any atom is 0.119 e. The second kappa shape index (κ2) is 8.48. The normalized spacial score (nSPS) is 12.4. The van der Waals surface area contributed by atoms with Gasteiger partial charge in [-0.1, -0.05) is 25.1 Å². The fraction of sp³-hybridized carbons (Fsp3) is 0.538. The predicted octanol–water partition coefficient (Wildman–Crippen LogP) is 2.80. The monoisotopic (exact) mass is 239 g/mol. The van der Waals surface area contributed by atoms with Crippen molar-refractivity contribution in [3.63, 3.8) is 0 Å². The Morgan fingerprint density at radius 3 is 2.75 bits per heavy atom. The largest absolute Gasteiger partial charge is 0.494 e. The van der Waals surface area contributed by atoms with Crippen molar-refractivity contribution in [2.75, 3.05) is 26.0 Å². The molecule has 1 aromatic rings. The molecule has 0 saturated carbocycles. The third-order valence-electron chi connectivity index (χ3n) is 2.34. The van der Waals surface area contributed by atoms with Crippen LogP contribution in [0.4, 0.5) is 0 Å². The van der Waals surface area contributed by atoms with Crippen LogP contribution in [0, 0.1) is 0 Å². The summed E-state index contributed by atoms with van der Waals surface area (Å²) < 4.78 is 5.59. The van der Waals surface area contributed by atoms with Gasteiger partial charge in [-0.25, -0.2) is 0 Å². The number of para-hydroxylation sites is 1. The Kier molecular flexibility index (Phi) is 7.10. The molecule has 1 atom stereocenters. The molecule has 3 heteroatoms. The molecule has 0 spiro atoms. The molecule has 1 aromatic carbocycles. The lowest BCUT2D eigenvalue weighted by molar-refractivity contribution is 0.308. The molecule has 1 rings (SSSR count). The van der Waals surface area contributed by atoms with Crippen LogP contribution >= 0.6 is 11.8 Å². The fourth-order valence-corrected chi connectivity index (χ4v) is 1.58. The molecule has 0 aliphatic rings. The molecule has 1 unspecified atom stereocenters. The molecule has 90 valence electrons. The Hall–Kier alpha value is -0.670. The zero-order chi connectivity index (χ0) is 11.6. The van der Waals surface area contributed by atoms with Gasteiger partial charge < -0.3 is 10.1 Å². The second-order valence-electron chi connectivity index (χ2n) is 3.77. The molecule has 0 bridgehead atoms. The van der Waals surface area contributed by atoms with Gasteiger partial charge in [0.2, 0.25) is 0 Å². The number of hydrogen-bond donors (Lipinski definition) is 1. The van der Waals surface area contributed by atoms with Crippen molar-refractivity contribution in [2.45, 2.75) is 18.6 Å². The Bertz CT molecular complexity index is 266. The number of rotatable bonds is 8. The minimum Gasteiger partial charge on any atom is -0.494 e. The average Bonchev–Trinajstić information content (AvgIpc) is 2.34. The Labute approximate surface area is 103 Å². The lowest BCUT2D eigenvalue weighted by Gasteiger charge is -2.10. The van der Waals surface area contributed by atoms with E-state index in [1.54, 1.807) is 0 Å².